The van der Waals surface area contributed by atoms with E-state index in [4.69, 9.17) is 16.3 Å². The lowest BCUT2D eigenvalue weighted by atomic mass is 9.93. The summed E-state index contributed by atoms with van der Waals surface area (Å²) in [5.41, 5.74) is 2.29. The fourth-order valence-corrected chi connectivity index (χ4v) is 4.80. The first-order valence-electron chi connectivity index (χ1n) is 9.07. The highest BCUT2D eigenvalue weighted by Gasteiger charge is 2.33. The average molecular weight is 395 g/mol. The first-order valence-corrected chi connectivity index (χ1v) is 10.3. The summed E-state index contributed by atoms with van der Waals surface area (Å²) in [6.07, 6.45) is 5.76. The number of ether oxygens (including phenoxy) is 1. The number of carbonyl (C=O) groups excluding carboxylic acids is 1. The van der Waals surface area contributed by atoms with Crippen LogP contribution in [-0.4, -0.2) is 35.4 Å². The van der Waals surface area contributed by atoms with Crippen LogP contribution in [0.5, 0.6) is 0 Å². The van der Waals surface area contributed by atoms with Gasteiger partial charge in [0.25, 0.3) is 0 Å². The Kier molecular flexibility index (Phi) is 5.59. The van der Waals surface area contributed by atoms with E-state index in [2.05, 4.69) is 20.8 Å². The number of aromatic amines is 1. The summed E-state index contributed by atoms with van der Waals surface area (Å²) < 4.78 is 5.81. The zero-order valence-electron chi connectivity index (χ0n) is 14.5. The molecule has 1 unspecified atom stereocenters. The maximum absolute atomic E-state index is 12.6. The van der Waals surface area contributed by atoms with Crippen LogP contribution < -0.4 is 10.6 Å². The van der Waals surface area contributed by atoms with Crippen molar-refractivity contribution in [2.24, 2.45) is 5.92 Å². The number of hydrogen-bond donors (Lipinski definition) is 3. The quantitative estimate of drug-likeness (QED) is 0.703. The molecule has 1 fully saturated rings. The molecule has 6 nitrogen and oxygen atoms in total. The molecule has 2 aliphatic rings. The zero-order valence-corrected chi connectivity index (χ0v) is 16.0. The molecule has 3 heterocycles. The van der Waals surface area contributed by atoms with Gasteiger partial charge in [0.1, 0.15) is 0 Å². The molecular formula is C18H23ClN4O2S. The van der Waals surface area contributed by atoms with Crippen molar-refractivity contribution in [3.05, 3.63) is 38.8 Å². The van der Waals surface area contributed by atoms with Gasteiger partial charge in [-0.1, -0.05) is 11.6 Å². The lowest BCUT2D eigenvalue weighted by molar-refractivity contribution is -0.125. The molecule has 0 bridgehead atoms. The van der Waals surface area contributed by atoms with Crippen molar-refractivity contribution < 1.29 is 9.53 Å². The van der Waals surface area contributed by atoms with Crippen molar-refractivity contribution in [3.8, 4) is 0 Å². The number of thiophene rings is 1. The molecule has 1 aliphatic heterocycles. The smallest absolute Gasteiger partial charge is 0.226 e. The van der Waals surface area contributed by atoms with Gasteiger partial charge in [0.05, 0.1) is 41.6 Å². The average Bonchev–Trinajstić information content (AvgIpc) is 3.36. The van der Waals surface area contributed by atoms with Gasteiger partial charge in [-0.15, -0.1) is 11.3 Å². The SMILES string of the molecule is O=C(NC1CCCc2cn[nH]c21)[C@@H]1CO[C@H](CNCc2sccc2Cl)C1. The summed E-state index contributed by atoms with van der Waals surface area (Å²) in [6, 6.07) is 1.96. The van der Waals surface area contributed by atoms with Crippen molar-refractivity contribution in [1.82, 2.24) is 20.8 Å². The van der Waals surface area contributed by atoms with E-state index in [0.717, 1.165) is 54.4 Å². The number of nitrogens with zero attached hydrogens (tertiary/aromatic N) is 1. The van der Waals surface area contributed by atoms with Gasteiger partial charge in [-0.25, -0.2) is 0 Å². The molecule has 0 aromatic carbocycles. The molecule has 4 rings (SSSR count). The minimum absolute atomic E-state index is 0.0481. The Morgan fingerprint density at radius 2 is 2.42 bits per heavy atom. The highest BCUT2D eigenvalue weighted by molar-refractivity contribution is 7.10. The van der Waals surface area contributed by atoms with Crippen LogP contribution >= 0.6 is 22.9 Å². The van der Waals surface area contributed by atoms with Gasteiger partial charge < -0.3 is 15.4 Å². The van der Waals surface area contributed by atoms with Gasteiger partial charge in [-0.3, -0.25) is 9.89 Å². The maximum atomic E-state index is 12.6. The Bertz CT molecular complexity index is 762. The fourth-order valence-electron chi connectivity index (χ4n) is 3.73. The summed E-state index contributed by atoms with van der Waals surface area (Å²) in [4.78, 5) is 13.8. The van der Waals surface area contributed by atoms with E-state index in [1.54, 1.807) is 11.3 Å². The first-order chi connectivity index (χ1) is 12.7. The van der Waals surface area contributed by atoms with E-state index in [9.17, 15) is 4.79 Å². The molecule has 0 saturated carbocycles. The number of hydrogen-bond acceptors (Lipinski definition) is 5. The molecule has 3 N–H and O–H groups in total. The monoisotopic (exact) mass is 394 g/mol. The number of aromatic nitrogens is 2. The number of aryl methyl sites for hydroxylation is 1. The van der Waals surface area contributed by atoms with Crippen LogP contribution in [0.2, 0.25) is 5.02 Å². The molecule has 0 spiro atoms. The van der Waals surface area contributed by atoms with Gasteiger partial charge >= 0.3 is 0 Å². The van der Waals surface area contributed by atoms with Crippen LogP contribution in [0.4, 0.5) is 0 Å². The summed E-state index contributed by atoms with van der Waals surface area (Å²) in [5.74, 6) is 0.00155. The lowest BCUT2D eigenvalue weighted by Crippen LogP contribution is -2.36. The number of rotatable bonds is 6. The Balaban J connectivity index is 1.24. The molecule has 2 aromatic rings. The predicted molar refractivity (Wildman–Crippen MR) is 101 cm³/mol. The molecule has 1 aliphatic carbocycles. The second-order valence-electron chi connectivity index (χ2n) is 6.97. The fraction of sp³-hybridized carbons (Fsp3) is 0.556. The number of carbonyl (C=O) groups is 1. The van der Waals surface area contributed by atoms with E-state index < -0.39 is 0 Å². The third kappa shape index (κ3) is 3.96. The highest BCUT2D eigenvalue weighted by atomic mass is 35.5. The second kappa shape index (κ2) is 8.08. The van der Waals surface area contributed by atoms with Crippen LogP contribution in [-0.2, 0) is 22.5 Å². The Morgan fingerprint density at radius 3 is 3.27 bits per heavy atom. The van der Waals surface area contributed by atoms with Crippen LogP contribution in [0.15, 0.2) is 17.6 Å². The Hall–Kier alpha value is -1.41. The largest absolute Gasteiger partial charge is 0.376 e. The summed E-state index contributed by atoms with van der Waals surface area (Å²) in [7, 11) is 0. The number of H-pyrrole nitrogens is 1. The Labute approximate surface area is 161 Å². The third-order valence-corrected chi connectivity index (χ3v) is 6.54. The molecule has 8 heteroatoms. The second-order valence-corrected chi connectivity index (χ2v) is 8.38. The molecule has 26 heavy (non-hydrogen) atoms. The normalized spacial score (nSPS) is 25.2. The summed E-state index contributed by atoms with van der Waals surface area (Å²) in [5, 5.41) is 16.5. The minimum atomic E-state index is -0.0829. The van der Waals surface area contributed by atoms with E-state index >= 15 is 0 Å². The number of amides is 1. The van der Waals surface area contributed by atoms with Gasteiger partial charge in [0.15, 0.2) is 0 Å². The van der Waals surface area contributed by atoms with Crippen molar-refractivity contribution in [1.29, 1.82) is 0 Å². The van der Waals surface area contributed by atoms with E-state index in [1.807, 2.05) is 17.6 Å². The van der Waals surface area contributed by atoms with Gasteiger partial charge in [-0.2, -0.15) is 5.10 Å². The van der Waals surface area contributed by atoms with Crippen LogP contribution in [0.3, 0.4) is 0 Å². The van der Waals surface area contributed by atoms with Crippen molar-refractivity contribution in [3.63, 3.8) is 0 Å². The van der Waals surface area contributed by atoms with E-state index in [-0.39, 0.29) is 24.0 Å². The van der Waals surface area contributed by atoms with Gasteiger partial charge in [-0.05, 0) is 42.7 Å². The molecular weight excluding hydrogens is 372 g/mol. The van der Waals surface area contributed by atoms with Gasteiger partial charge in [0, 0.05) is 18.0 Å². The van der Waals surface area contributed by atoms with Gasteiger partial charge in [0.2, 0.25) is 5.91 Å². The third-order valence-electron chi connectivity index (χ3n) is 5.16. The summed E-state index contributed by atoms with van der Waals surface area (Å²) >= 11 is 7.74. The van der Waals surface area contributed by atoms with E-state index in [0.29, 0.717) is 6.61 Å². The molecule has 1 amide bonds. The first kappa shape index (κ1) is 18.0. The minimum Gasteiger partial charge on any atom is -0.376 e. The number of halogens is 1. The molecule has 3 atom stereocenters. The lowest BCUT2D eigenvalue weighted by Gasteiger charge is -2.24. The predicted octanol–water partition coefficient (Wildman–Crippen LogP) is 2.81. The van der Waals surface area contributed by atoms with Crippen molar-refractivity contribution in [2.45, 2.75) is 44.4 Å². The van der Waals surface area contributed by atoms with Crippen molar-refractivity contribution in [2.75, 3.05) is 13.2 Å². The standard InChI is InChI=1S/C18H23ClN4O2S/c19-14-4-5-26-16(14)9-20-8-13-6-12(10-25-13)18(24)22-15-3-1-2-11-7-21-23-17(11)15/h4-5,7,12-13,15,20H,1-3,6,8-10H2,(H,21,23)(H,22,24)/t12-,13-,15?/m0/s1. The zero-order chi connectivity index (χ0) is 17.9. The molecule has 2 aromatic heterocycles. The molecule has 1 saturated heterocycles. The van der Waals surface area contributed by atoms with Crippen molar-refractivity contribution >= 4 is 28.8 Å². The topological polar surface area (TPSA) is 79.0 Å². The van der Waals surface area contributed by atoms with Crippen LogP contribution in [0.25, 0.3) is 0 Å². The highest BCUT2D eigenvalue weighted by Crippen LogP contribution is 2.29. The maximum Gasteiger partial charge on any atom is 0.226 e. The Morgan fingerprint density at radius 1 is 1.50 bits per heavy atom. The number of fused-ring (bicyclic) bond motifs is 1. The molecule has 0 radical (unpaired) electrons. The van der Waals surface area contributed by atoms with E-state index in [1.165, 1.54) is 5.56 Å². The van der Waals surface area contributed by atoms with Crippen LogP contribution in [0, 0.1) is 5.92 Å². The molecule has 140 valence electrons. The van der Waals surface area contributed by atoms with Crippen LogP contribution in [0.1, 0.15) is 41.4 Å². The summed E-state index contributed by atoms with van der Waals surface area (Å²) in [6.45, 7) is 1.95. The number of nitrogens with one attached hydrogen (secondary N) is 3.